The fraction of sp³-hybridized carbons (Fsp3) is 0.500. The van der Waals surface area contributed by atoms with Crippen LogP contribution in [0.4, 0.5) is 11.8 Å². The maximum Gasteiger partial charge on any atom is 0.394 e. The first-order chi connectivity index (χ1) is 9.77. The molecule has 0 bridgehead atoms. The SMILES string of the molecule is C1CCCC1.Nc1nc(N)c2[nH]cnc2n1.O=S(=O)(O)O. The second-order valence-electron chi connectivity index (χ2n) is 4.28. The van der Waals surface area contributed by atoms with Crippen molar-refractivity contribution < 1.29 is 17.5 Å². The van der Waals surface area contributed by atoms with Crippen LogP contribution in [0.1, 0.15) is 32.1 Å². The number of hydrogen-bond donors (Lipinski definition) is 5. The number of nitrogens with two attached hydrogens (primary N) is 2. The number of nitrogens with zero attached hydrogens (tertiary/aromatic N) is 3. The predicted molar refractivity (Wildman–Crippen MR) is 77.8 cm³/mol. The quantitative estimate of drug-likeness (QED) is 0.439. The molecule has 21 heavy (non-hydrogen) atoms. The third kappa shape index (κ3) is 7.39. The van der Waals surface area contributed by atoms with E-state index >= 15 is 0 Å². The van der Waals surface area contributed by atoms with E-state index in [0.717, 1.165) is 0 Å². The molecule has 0 unspecified atom stereocenters. The Hall–Kier alpha value is -1.98. The van der Waals surface area contributed by atoms with Gasteiger partial charge in [-0.3, -0.25) is 9.11 Å². The Balaban J connectivity index is 0.000000185. The van der Waals surface area contributed by atoms with Crippen molar-refractivity contribution in [2.24, 2.45) is 0 Å². The van der Waals surface area contributed by atoms with E-state index in [2.05, 4.69) is 19.9 Å². The molecule has 2 aromatic rings. The van der Waals surface area contributed by atoms with E-state index in [0.29, 0.717) is 17.0 Å². The Morgan fingerprint density at radius 3 is 2.00 bits per heavy atom. The van der Waals surface area contributed by atoms with Crippen molar-refractivity contribution in [3.05, 3.63) is 6.33 Å². The predicted octanol–water partition coefficient (Wildman–Crippen LogP) is 0.815. The average Bonchev–Trinajstić information content (AvgIpc) is 2.99. The van der Waals surface area contributed by atoms with Crippen molar-refractivity contribution in [3.63, 3.8) is 0 Å². The molecule has 0 aromatic carbocycles. The Bertz CT molecular complexity index is 652. The van der Waals surface area contributed by atoms with Crippen molar-refractivity contribution >= 4 is 33.3 Å². The number of imidazole rings is 1. The molecule has 0 saturated heterocycles. The normalized spacial score (nSPS) is 14.0. The van der Waals surface area contributed by atoms with Crippen LogP contribution in [0, 0.1) is 0 Å². The third-order valence-electron chi connectivity index (χ3n) is 2.58. The molecule has 1 fully saturated rings. The zero-order valence-electron chi connectivity index (χ0n) is 11.2. The van der Waals surface area contributed by atoms with E-state index in [1.807, 2.05) is 0 Å². The Morgan fingerprint density at radius 1 is 1.05 bits per heavy atom. The molecule has 2 aromatic heterocycles. The maximum absolute atomic E-state index is 8.74. The number of nitrogen functional groups attached to an aromatic ring is 2. The van der Waals surface area contributed by atoms with Crippen molar-refractivity contribution in [1.29, 1.82) is 0 Å². The Labute approximate surface area is 121 Å². The van der Waals surface area contributed by atoms with E-state index in [1.54, 1.807) is 0 Å². The topological polar surface area (TPSA) is 181 Å². The molecular formula is C10H18N6O4S. The average molecular weight is 318 g/mol. The third-order valence-corrected chi connectivity index (χ3v) is 2.58. The maximum atomic E-state index is 8.74. The lowest BCUT2D eigenvalue weighted by molar-refractivity contribution is 0.381. The summed E-state index contributed by atoms with van der Waals surface area (Å²) in [7, 11) is -4.67. The fourth-order valence-corrected chi connectivity index (χ4v) is 1.76. The highest BCUT2D eigenvalue weighted by atomic mass is 32.3. The zero-order valence-corrected chi connectivity index (χ0v) is 12.0. The van der Waals surface area contributed by atoms with Crippen molar-refractivity contribution in [2.45, 2.75) is 32.1 Å². The van der Waals surface area contributed by atoms with E-state index in [9.17, 15) is 0 Å². The number of hydrogen-bond acceptors (Lipinski definition) is 7. The van der Waals surface area contributed by atoms with Crippen molar-refractivity contribution in [1.82, 2.24) is 19.9 Å². The summed E-state index contributed by atoms with van der Waals surface area (Å²) in [5, 5.41) is 0. The minimum Gasteiger partial charge on any atom is -0.382 e. The van der Waals surface area contributed by atoms with Crippen LogP contribution in [-0.4, -0.2) is 37.5 Å². The molecule has 0 atom stereocenters. The minimum absolute atomic E-state index is 0.141. The largest absolute Gasteiger partial charge is 0.394 e. The first-order valence-electron chi connectivity index (χ1n) is 6.19. The van der Waals surface area contributed by atoms with E-state index < -0.39 is 10.4 Å². The monoisotopic (exact) mass is 318 g/mol. The lowest BCUT2D eigenvalue weighted by Gasteiger charge is -1.94. The highest BCUT2D eigenvalue weighted by Crippen LogP contribution is 2.15. The summed E-state index contributed by atoms with van der Waals surface area (Å²) in [6.45, 7) is 0. The molecule has 0 amide bonds. The van der Waals surface area contributed by atoms with Crippen LogP contribution in [0.15, 0.2) is 6.33 Å². The number of H-pyrrole nitrogens is 1. The van der Waals surface area contributed by atoms with Gasteiger partial charge in [0.15, 0.2) is 11.5 Å². The van der Waals surface area contributed by atoms with Gasteiger partial charge in [0.2, 0.25) is 5.95 Å². The van der Waals surface area contributed by atoms with Gasteiger partial charge in [-0.05, 0) is 0 Å². The van der Waals surface area contributed by atoms with Gasteiger partial charge >= 0.3 is 10.4 Å². The molecular weight excluding hydrogens is 300 g/mol. The molecule has 0 aliphatic heterocycles. The Morgan fingerprint density at radius 2 is 1.52 bits per heavy atom. The van der Waals surface area contributed by atoms with Gasteiger partial charge < -0.3 is 16.5 Å². The molecule has 3 rings (SSSR count). The highest BCUT2D eigenvalue weighted by molar-refractivity contribution is 7.79. The number of fused-ring (bicyclic) bond motifs is 1. The summed E-state index contributed by atoms with van der Waals surface area (Å²) in [6.07, 6.45) is 9.00. The summed E-state index contributed by atoms with van der Waals surface area (Å²) < 4.78 is 31.6. The first kappa shape index (κ1) is 17.1. The van der Waals surface area contributed by atoms with Crippen LogP contribution >= 0.6 is 0 Å². The smallest absolute Gasteiger partial charge is 0.382 e. The van der Waals surface area contributed by atoms with E-state index in [4.69, 9.17) is 29.0 Å². The number of aromatic amines is 1. The van der Waals surface area contributed by atoms with Crippen LogP contribution in [0.3, 0.4) is 0 Å². The second-order valence-corrected chi connectivity index (χ2v) is 5.18. The molecule has 0 radical (unpaired) electrons. The molecule has 0 spiro atoms. The van der Waals surface area contributed by atoms with Crippen LogP contribution in [0.2, 0.25) is 0 Å². The molecule has 10 nitrogen and oxygen atoms in total. The van der Waals surface area contributed by atoms with Crippen LogP contribution in [-0.2, 0) is 10.4 Å². The summed E-state index contributed by atoms with van der Waals surface area (Å²) in [5.41, 5.74) is 11.9. The summed E-state index contributed by atoms with van der Waals surface area (Å²) >= 11 is 0. The molecule has 11 heteroatoms. The number of anilines is 2. The Kier molecular flexibility index (Phi) is 6.27. The van der Waals surface area contributed by atoms with Crippen LogP contribution in [0.25, 0.3) is 11.2 Å². The molecule has 1 saturated carbocycles. The summed E-state index contributed by atoms with van der Waals surface area (Å²) in [5.74, 6) is 0.465. The fourth-order valence-electron chi connectivity index (χ4n) is 1.76. The van der Waals surface area contributed by atoms with Gasteiger partial charge in [-0.15, -0.1) is 0 Å². The molecule has 1 aliphatic carbocycles. The first-order valence-corrected chi connectivity index (χ1v) is 7.59. The van der Waals surface area contributed by atoms with E-state index in [-0.39, 0.29) is 5.95 Å². The van der Waals surface area contributed by atoms with Gasteiger partial charge in [-0.1, -0.05) is 32.1 Å². The zero-order chi connectivity index (χ0) is 15.9. The summed E-state index contributed by atoms with van der Waals surface area (Å²) in [4.78, 5) is 14.3. The molecule has 1 aliphatic rings. The molecule has 118 valence electrons. The van der Waals surface area contributed by atoms with Crippen molar-refractivity contribution in [3.8, 4) is 0 Å². The summed E-state index contributed by atoms with van der Waals surface area (Å²) in [6, 6.07) is 0. The van der Waals surface area contributed by atoms with Gasteiger partial charge in [-0.2, -0.15) is 18.4 Å². The van der Waals surface area contributed by atoms with E-state index in [1.165, 1.54) is 38.4 Å². The lowest BCUT2D eigenvalue weighted by atomic mass is 10.4. The van der Waals surface area contributed by atoms with Crippen molar-refractivity contribution in [2.75, 3.05) is 11.5 Å². The lowest BCUT2D eigenvalue weighted by Crippen LogP contribution is -1.99. The van der Waals surface area contributed by atoms with Crippen LogP contribution in [0.5, 0.6) is 0 Å². The highest BCUT2D eigenvalue weighted by Gasteiger charge is 2.03. The second kappa shape index (κ2) is 7.71. The standard InChI is InChI=1S/C5H6N6.C5H10.H2O4S/c6-3-2-4(9-1-8-2)11-5(7)10-3;1-2-4-5-3-1;1-5(2,3)4/h1H,(H5,6,7,8,9,10,11);1-5H2;(H2,1,2,3,4). The van der Waals surface area contributed by atoms with Gasteiger partial charge in [0.1, 0.15) is 5.52 Å². The molecule has 2 heterocycles. The molecule has 7 N–H and O–H groups in total. The number of nitrogens with one attached hydrogen (secondary N) is 1. The van der Waals surface area contributed by atoms with Gasteiger partial charge in [-0.25, -0.2) is 4.98 Å². The number of rotatable bonds is 0. The number of aromatic nitrogens is 4. The van der Waals surface area contributed by atoms with Gasteiger partial charge in [0, 0.05) is 0 Å². The van der Waals surface area contributed by atoms with Gasteiger partial charge in [0.25, 0.3) is 0 Å². The van der Waals surface area contributed by atoms with Crippen LogP contribution < -0.4 is 11.5 Å². The minimum atomic E-state index is -4.67. The van der Waals surface area contributed by atoms with Gasteiger partial charge in [0.05, 0.1) is 6.33 Å².